The number of carbonyl (C=O) groups is 2. The van der Waals surface area contributed by atoms with E-state index in [0.29, 0.717) is 27.9 Å². The molecule has 0 aliphatic heterocycles. The molecule has 0 aliphatic carbocycles. The van der Waals surface area contributed by atoms with Crippen LogP contribution in [-0.2, 0) is 11.3 Å². The van der Waals surface area contributed by atoms with E-state index in [-0.39, 0.29) is 18.0 Å². The molecule has 148 valence electrons. The lowest BCUT2D eigenvalue weighted by Gasteiger charge is -2.24. The summed E-state index contributed by atoms with van der Waals surface area (Å²) in [5.41, 5.74) is 2.14. The van der Waals surface area contributed by atoms with Crippen LogP contribution < -0.4 is 4.90 Å². The number of halogens is 2. The molecule has 0 saturated heterocycles. The third-order valence-corrected chi connectivity index (χ3v) is 4.72. The van der Waals surface area contributed by atoms with Gasteiger partial charge in [0.2, 0.25) is 0 Å². The molecule has 3 aromatic rings. The van der Waals surface area contributed by atoms with Crippen molar-refractivity contribution in [1.29, 1.82) is 0 Å². The van der Waals surface area contributed by atoms with Crippen molar-refractivity contribution in [1.82, 2.24) is 4.98 Å². The zero-order valence-electron chi connectivity index (χ0n) is 15.6. The van der Waals surface area contributed by atoms with Gasteiger partial charge in [-0.25, -0.2) is 4.79 Å². The van der Waals surface area contributed by atoms with E-state index < -0.39 is 5.97 Å². The molecular formula is C22H18Cl2N2O3. The molecule has 1 aromatic heterocycles. The Morgan fingerprint density at radius 2 is 1.83 bits per heavy atom. The first-order valence-electron chi connectivity index (χ1n) is 8.92. The Labute approximate surface area is 178 Å². The van der Waals surface area contributed by atoms with Gasteiger partial charge < -0.3 is 9.64 Å². The van der Waals surface area contributed by atoms with Crippen molar-refractivity contribution in [2.24, 2.45) is 0 Å². The second-order valence-electron chi connectivity index (χ2n) is 6.14. The Kier molecular flexibility index (Phi) is 6.86. The number of ether oxygens (including phenoxy) is 1. The molecule has 0 atom stereocenters. The maximum Gasteiger partial charge on any atom is 0.338 e. The first-order valence-corrected chi connectivity index (χ1v) is 9.68. The lowest BCUT2D eigenvalue weighted by atomic mass is 10.1. The molecule has 1 amide bonds. The van der Waals surface area contributed by atoms with E-state index in [1.54, 1.807) is 66.7 Å². The monoisotopic (exact) mass is 428 g/mol. The van der Waals surface area contributed by atoms with Crippen molar-refractivity contribution < 1.29 is 14.3 Å². The van der Waals surface area contributed by atoms with Crippen LogP contribution in [0.3, 0.4) is 0 Å². The van der Waals surface area contributed by atoms with Gasteiger partial charge in [0.15, 0.2) is 0 Å². The van der Waals surface area contributed by atoms with Gasteiger partial charge in [0.1, 0.15) is 0 Å². The first kappa shape index (κ1) is 20.8. The highest BCUT2D eigenvalue weighted by Gasteiger charge is 2.21. The standard InChI is InChI=1S/C22H18Cl2N2O3/c1-2-29-22(28)16-5-8-18(9-6-16)26(14-15-4-3-11-25-13-15)21(27)19-12-17(23)7-10-20(19)24/h3-13H,2,14H2,1H3. The molecule has 0 bridgehead atoms. The number of nitrogens with zero attached hydrogens (tertiary/aromatic N) is 2. The summed E-state index contributed by atoms with van der Waals surface area (Å²) in [6.45, 7) is 2.31. The van der Waals surface area contributed by atoms with Crippen LogP contribution in [0.15, 0.2) is 67.0 Å². The number of benzene rings is 2. The maximum atomic E-state index is 13.3. The van der Waals surface area contributed by atoms with Gasteiger partial charge in [0.05, 0.1) is 29.3 Å². The molecule has 1 heterocycles. The molecule has 0 fully saturated rings. The quantitative estimate of drug-likeness (QED) is 0.492. The molecule has 0 aliphatic rings. The van der Waals surface area contributed by atoms with Gasteiger partial charge in [0.25, 0.3) is 5.91 Å². The van der Waals surface area contributed by atoms with E-state index in [4.69, 9.17) is 27.9 Å². The summed E-state index contributed by atoms with van der Waals surface area (Å²) in [5, 5.41) is 0.718. The molecule has 0 unspecified atom stereocenters. The topological polar surface area (TPSA) is 59.5 Å². The minimum atomic E-state index is -0.415. The van der Waals surface area contributed by atoms with E-state index in [2.05, 4.69) is 4.98 Å². The Hall–Kier alpha value is -2.89. The van der Waals surface area contributed by atoms with Crippen LogP contribution in [0.5, 0.6) is 0 Å². The summed E-state index contributed by atoms with van der Waals surface area (Å²) in [6, 6.07) is 15.1. The number of aromatic nitrogens is 1. The number of carbonyl (C=O) groups excluding carboxylic acids is 2. The zero-order valence-corrected chi connectivity index (χ0v) is 17.2. The maximum absolute atomic E-state index is 13.3. The number of hydrogen-bond donors (Lipinski definition) is 0. The van der Waals surface area contributed by atoms with Gasteiger partial charge in [0, 0.05) is 23.1 Å². The molecule has 3 rings (SSSR count). The smallest absolute Gasteiger partial charge is 0.338 e. The van der Waals surface area contributed by atoms with Crippen molar-refractivity contribution >= 4 is 40.8 Å². The SMILES string of the molecule is CCOC(=O)c1ccc(N(Cc2cccnc2)C(=O)c2cc(Cl)ccc2Cl)cc1. The van der Waals surface area contributed by atoms with Crippen LogP contribution >= 0.6 is 23.2 Å². The Morgan fingerprint density at radius 1 is 1.07 bits per heavy atom. The predicted molar refractivity (Wildman–Crippen MR) is 114 cm³/mol. The average molecular weight is 429 g/mol. The fraction of sp³-hybridized carbons (Fsp3) is 0.136. The predicted octanol–water partition coefficient (Wildman–Crippen LogP) is 5.41. The lowest BCUT2D eigenvalue weighted by Crippen LogP contribution is -2.30. The highest BCUT2D eigenvalue weighted by Crippen LogP contribution is 2.26. The minimum Gasteiger partial charge on any atom is -0.462 e. The minimum absolute atomic E-state index is 0.272. The number of anilines is 1. The molecule has 29 heavy (non-hydrogen) atoms. The number of rotatable bonds is 6. The van der Waals surface area contributed by atoms with Gasteiger partial charge in [-0.15, -0.1) is 0 Å². The second kappa shape index (κ2) is 9.54. The third kappa shape index (κ3) is 5.13. The van der Waals surface area contributed by atoms with Gasteiger partial charge in [-0.2, -0.15) is 0 Å². The van der Waals surface area contributed by atoms with Crippen molar-refractivity contribution in [2.75, 3.05) is 11.5 Å². The van der Waals surface area contributed by atoms with E-state index in [0.717, 1.165) is 5.56 Å². The largest absolute Gasteiger partial charge is 0.462 e. The van der Waals surface area contributed by atoms with Gasteiger partial charge in [-0.1, -0.05) is 29.3 Å². The van der Waals surface area contributed by atoms with Gasteiger partial charge >= 0.3 is 5.97 Å². The Balaban J connectivity index is 1.98. The average Bonchev–Trinajstić information content (AvgIpc) is 2.74. The fourth-order valence-corrected chi connectivity index (χ4v) is 3.12. The van der Waals surface area contributed by atoms with Gasteiger partial charge in [-0.3, -0.25) is 9.78 Å². The highest BCUT2D eigenvalue weighted by molar-refractivity contribution is 6.36. The zero-order chi connectivity index (χ0) is 20.8. The number of amides is 1. The molecule has 2 aromatic carbocycles. The van der Waals surface area contributed by atoms with Crippen LogP contribution in [0, 0.1) is 0 Å². The fourth-order valence-electron chi connectivity index (χ4n) is 2.75. The van der Waals surface area contributed by atoms with Crippen LogP contribution in [0.1, 0.15) is 33.2 Å². The molecule has 0 radical (unpaired) electrons. The van der Waals surface area contributed by atoms with Crippen LogP contribution in [0.25, 0.3) is 0 Å². The van der Waals surface area contributed by atoms with Crippen molar-refractivity contribution in [3.63, 3.8) is 0 Å². The Morgan fingerprint density at radius 3 is 2.48 bits per heavy atom. The van der Waals surface area contributed by atoms with Crippen LogP contribution in [-0.4, -0.2) is 23.5 Å². The van der Waals surface area contributed by atoms with Crippen molar-refractivity contribution in [3.05, 3.63) is 93.7 Å². The van der Waals surface area contributed by atoms with E-state index in [9.17, 15) is 9.59 Å². The van der Waals surface area contributed by atoms with Crippen molar-refractivity contribution in [2.45, 2.75) is 13.5 Å². The molecular weight excluding hydrogens is 411 g/mol. The normalized spacial score (nSPS) is 10.4. The van der Waals surface area contributed by atoms with E-state index in [1.165, 1.54) is 6.07 Å². The summed E-state index contributed by atoms with van der Waals surface area (Å²) < 4.78 is 5.01. The summed E-state index contributed by atoms with van der Waals surface area (Å²) >= 11 is 12.3. The van der Waals surface area contributed by atoms with Crippen LogP contribution in [0.2, 0.25) is 10.0 Å². The summed E-state index contributed by atoms with van der Waals surface area (Å²) in [6.07, 6.45) is 3.35. The van der Waals surface area contributed by atoms with Gasteiger partial charge in [-0.05, 0) is 61.0 Å². The lowest BCUT2D eigenvalue weighted by molar-refractivity contribution is 0.0526. The van der Waals surface area contributed by atoms with E-state index in [1.807, 2.05) is 6.07 Å². The molecule has 7 heteroatoms. The molecule has 0 N–H and O–H groups in total. The Bertz CT molecular complexity index is 1010. The molecule has 0 spiro atoms. The van der Waals surface area contributed by atoms with E-state index >= 15 is 0 Å². The number of pyridine rings is 1. The first-order chi connectivity index (χ1) is 14.0. The number of esters is 1. The van der Waals surface area contributed by atoms with Crippen LogP contribution in [0.4, 0.5) is 5.69 Å². The molecule has 5 nitrogen and oxygen atoms in total. The molecule has 0 saturated carbocycles. The number of hydrogen-bond acceptors (Lipinski definition) is 4. The summed E-state index contributed by atoms with van der Waals surface area (Å²) in [5.74, 6) is -0.729. The highest BCUT2D eigenvalue weighted by atomic mass is 35.5. The summed E-state index contributed by atoms with van der Waals surface area (Å²) in [7, 11) is 0. The van der Waals surface area contributed by atoms with Crippen molar-refractivity contribution in [3.8, 4) is 0 Å². The second-order valence-corrected chi connectivity index (χ2v) is 6.99. The summed E-state index contributed by atoms with van der Waals surface area (Å²) in [4.78, 5) is 30.9. The third-order valence-electron chi connectivity index (χ3n) is 4.16.